The van der Waals surface area contributed by atoms with E-state index < -0.39 is 0 Å². The third-order valence-electron chi connectivity index (χ3n) is 3.15. The minimum atomic E-state index is 0.160. The van der Waals surface area contributed by atoms with Crippen molar-refractivity contribution in [3.8, 4) is 0 Å². The molecule has 2 heterocycles. The van der Waals surface area contributed by atoms with Gasteiger partial charge in [-0.05, 0) is 19.9 Å². The van der Waals surface area contributed by atoms with Crippen LogP contribution in [-0.2, 0) is 18.3 Å². The van der Waals surface area contributed by atoms with Crippen molar-refractivity contribution in [1.29, 1.82) is 0 Å². The maximum atomic E-state index is 5.75. The summed E-state index contributed by atoms with van der Waals surface area (Å²) in [5.41, 5.74) is 8.00. The molecule has 2 N–H and O–H groups in total. The number of hydrogen-bond donors (Lipinski definition) is 1. The van der Waals surface area contributed by atoms with Gasteiger partial charge in [-0.3, -0.25) is 9.58 Å². The molecule has 1 aliphatic rings. The van der Waals surface area contributed by atoms with E-state index in [2.05, 4.69) is 23.0 Å². The van der Waals surface area contributed by atoms with Crippen LogP contribution in [0, 0.1) is 6.92 Å². The molecule has 5 heteroatoms. The van der Waals surface area contributed by atoms with Gasteiger partial charge in [0.1, 0.15) is 0 Å². The molecule has 0 radical (unpaired) electrons. The van der Waals surface area contributed by atoms with Gasteiger partial charge in [-0.25, -0.2) is 0 Å². The van der Waals surface area contributed by atoms with Gasteiger partial charge < -0.3 is 10.5 Å². The SMILES string of the molecule is Cc1cc(CN2CC(C)OC(CN)C2)n(C)n1. The van der Waals surface area contributed by atoms with E-state index >= 15 is 0 Å². The van der Waals surface area contributed by atoms with Crippen molar-refractivity contribution in [1.82, 2.24) is 14.7 Å². The zero-order valence-corrected chi connectivity index (χ0v) is 10.9. The second-order valence-electron chi connectivity index (χ2n) is 4.90. The van der Waals surface area contributed by atoms with Crippen molar-refractivity contribution >= 4 is 0 Å². The van der Waals surface area contributed by atoms with E-state index in [9.17, 15) is 0 Å². The first-order chi connectivity index (χ1) is 8.08. The average Bonchev–Trinajstić information content (AvgIpc) is 2.56. The number of morpholine rings is 1. The summed E-state index contributed by atoms with van der Waals surface area (Å²) in [4.78, 5) is 2.39. The Labute approximate surface area is 103 Å². The normalized spacial score (nSPS) is 26.4. The Hall–Kier alpha value is -0.910. The van der Waals surface area contributed by atoms with Crippen LogP contribution in [0.1, 0.15) is 18.3 Å². The van der Waals surface area contributed by atoms with Gasteiger partial charge >= 0.3 is 0 Å². The fourth-order valence-electron chi connectivity index (χ4n) is 2.44. The lowest BCUT2D eigenvalue weighted by atomic mass is 10.2. The van der Waals surface area contributed by atoms with Crippen molar-refractivity contribution < 1.29 is 4.74 Å². The van der Waals surface area contributed by atoms with Crippen molar-refractivity contribution in [3.05, 3.63) is 17.5 Å². The molecule has 1 saturated heterocycles. The quantitative estimate of drug-likeness (QED) is 0.821. The molecular weight excluding hydrogens is 216 g/mol. The van der Waals surface area contributed by atoms with E-state index in [1.54, 1.807) is 0 Å². The van der Waals surface area contributed by atoms with Gasteiger partial charge in [-0.2, -0.15) is 5.10 Å². The maximum Gasteiger partial charge on any atom is 0.0828 e. The minimum Gasteiger partial charge on any atom is -0.371 e. The highest BCUT2D eigenvalue weighted by Gasteiger charge is 2.24. The highest BCUT2D eigenvalue weighted by molar-refractivity contribution is 5.08. The summed E-state index contributed by atoms with van der Waals surface area (Å²) >= 11 is 0. The standard InChI is InChI=1S/C12H22N4O/c1-9-4-11(15(3)14-9)7-16-6-10(2)17-12(5-13)8-16/h4,10,12H,5-8,13H2,1-3H3. The van der Waals surface area contributed by atoms with E-state index in [-0.39, 0.29) is 12.2 Å². The molecule has 1 aromatic rings. The number of ether oxygens (including phenoxy) is 1. The first-order valence-corrected chi connectivity index (χ1v) is 6.16. The zero-order valence-electron chi connectivity index (χ0n) is 10.9. The fraction of sp³-hybridized carbons (Fsp3) is 0.750. The number of rotatable bonds is 3. The Morgan fingerprint density at radius 1 is 1.53 bits per heavy atom. The van der Waals surface area contributed by atoms with Crippen molar-refractivity contribution in [2.45, 2.75) is 32.6 Å². The van der Waals surface area contributed by atoms with E-state index in [1.165, 1.54) is 5.69 Å². The van der Waals surface area contributed by atoms with Gasteiger partial charge in [0.15, 0.2) is 0 Å². The summed E-state index contributed by atoms with van der Waals surface area (Å²) in [6.45, 7) is 7.50. The van der Waals surface area contributed by atoms with Crippen molar-refractivity contribution in [3.63, 3.8) is 0 Å². The molecule has 96 valence electrons. The highest BCUT2D eigenvalue weighted by Crippen LogP contribution is 2.14. The van der Waals surface area contributed by atoms with Crippen LogP contribution in [0.15, 0.2) is 6.07 Å². The molecule has 17 heavy (non-hydrogen) atoms. The maximum absolute atomic E-state index is 5.75. The molecule has 2 atom stereocenters. The van der Waals surface area contributed by atoms with Crippen LogP contribution in [-0.4, -0.2) is 46.5 Å². The largest absolute Gasteiger partial charge is 0.371 e. The number of nitrogens with zero attached hydrogens (tertiary/aromatic N) is 3. The average molecular weight is 238 g/mol. The summed E-state index contributed by atoms with van der Waals surface area (Å²) in [5.74, 6) is 0. The molecule has 0 amide bonds. The van der Waals surface area contributed by atoms with Gasteiger partial charge in [0, 0.05) is 33.2 Å². The number of aromatic nitrogens is 2. The molecule has 1 aromatic heterocycles. The smallest absolute Gasteiger partial charge is 0.0828 e. The molecule has 0 spiro atoms. The van der Waals surface area contributed by atoms with Crippen LogP contribution >= 0.6 is 0 Å². The number of aryl methyl sites for hydroxylation is 2. The molecule has 2 rings (SSSR count). The number of hydrogen-bond acceptors (Lipinski definition) is 4. The number of nitrogens with two attached hydrogens (primary N) is 1. The van der Waals surface area contributed by atoms with E-state index in [0.717, 1.165) is 25.3 Å². The van der Waals surface area contributed by atoms with Crippen LogP contribution in [0.25, 0.3) is 0 Å². The Morgan fingerprint density at radius 3 is 2.88 bits per heavy atom. The van der Waals surface area contributed by atoms with E-state index in [1.807, 2.05) is 18.7 Å². The molecule has 0 aromatic carbocycles. The molecule has 0 bridgehead atoms. The highest BCUT2D eigenvalue weighted by atomic mass is 16.5. The van der Waals surface area contributed by atoms with Crippen LogP contribution < -0.4 is 5.73 Å². The second-order valence-corrected chi connectivity index (χ2v) is 4.90. The topological polar surface area (TPSA) is 56.3 Å². The van der Waals surface area contributed by atoms with Crippen molar-refractivity contribution in [2.24, 2.45) is 12.8 Å². The molecule has 0 aliphatic carbocycles. The summed E-state index contributed by atoms with van der Waals surface area (Å²) in [6.07, 6.45) is 0.416. The molecular formula is C12H22N4O. The predicted molar refractivity (Wildman–Crippen MR) is 66.6 cm³/mol. The monoisotopic (exact) mass is 238 g/mol. The first kappa shape index (κ1) is 12.5. The third-order valence-corrected chi connectivity index (χ3v) is 3.15. The third kappa shape index (κ3) is 3.06. The lowest BCUT2D eigenvalue weighted by Crippen LogP contribution is -2.48. The van der Waals surface area contributed by atoms with Crippen LogP contribution in [0.2, 0.25) is 0 Å². The molecule has 5 nitrogen and oxygen atoms in total. The lowest BCUT2D eigenvalue weighted by molar-refractivity contribution is -0.0750. The van der Waals surface area contributed by atoms with Crippen LogP contribution in [0.5, 0.6) is 0 Å². The summed E-state index contributed by atoms with van der Waals surface area (Å²) < 4.78 is 7.70. The fourth-order valence-corrected chi connectivity index (χ4v) is 2.44. The Bertz CT molecular complexity index is 377. The zero-order chi connectivity index (χ0) is 12.4. The van der Waals surface area contributed by atoms with E-state index in [0.29, 0.717) is 6.54 Å². The van der Waals surface area contributed by atoms with Gasteiger partial charge in [0.2, 0.25) is 0 Å². The second kappa shape index (κ2) is 5.16. The Balaban J connectivity index is 2.00. The van der Waals surface area contributed by atoms with Gasteiger partial charge in [-0.1, -0.05) is 0 Å². The van der Waals surface area contributed by atoms with Gasteiger partial charge in [0.25, 0.3) is 0 Å². The first-order valence-electron chi connectivity index (χ1n) is 6.16. The lowest BCUT2D eigenvalue weighted by Gasteiger charge is -2.36. The van der Waals surface area contributed by atoms with Crippen LogP contribution in [0.4, 0.5) is 0 Å². The molecule has 1 aliphatic heterocycles. The Kier molecular flexibility index (Phi) is 3.81. The van der Waals surface area contributed by atoms with Gasteiger partial charge in [0.05, 0.1) is 23.6 Å². The van der Waals surface area contributed by atoms with Gasteiger partial charge in [-0.15, -0.1) is 0 Å². The Morgan fingerprint density at radius 2 is 2.29 bits per heavy atom. The van der Waals surface area contributed by atoms with E-state index in [4.69, 9.17) is 10.5 Å². The molecule has 0 saturated carbocycles. The minimum absolute atomic E-state index is 0.160. The summed E-state index contributed by atoms with van der Waals surface area (Å²) in [6, 6.07) is 2.14. The molecule has 1 fully saturated rings. The predicted octanol–water partition coefficient (Wildman–Crippen LogP) is 0.277. The van der Waals surface area contributed by atoms with Crippen LogP contribution in [0.3, 0.4) is 0 Å². The summed E-state index contributed by atoms with van der Waals surface area (Å²) in [5, 5.41) is 4.37. The summed E-state index contributed by atoms with van der Waals surface area (Å²) in [7, 11) is 1.99. The molecule has 2 unspecified atom stereocenters. The van der Waals surface area contributed by atoms with Crippen molar-refractivity contribution in [2.75, 3.05) is 19.6 Å².